The smallest absolute Gasteiger partial charge is 0.303 e. The summed E-state index contributed by atoms with van der Waals surface area (Å²) in [6, 6.07) is 0. The highest BCUT2D eigenvalue weighted by atomic mass is 16.4. The van der Waals surface area contributed by atoms with E-state index in [-0.39, 0.29) is 0 Å². The van der Waals surface area contributed by atoms with Gasteiger partial charge in [0.1, 0.15) is 0 Å². The lowest BCUT2D eigenvalue weighted by Crippen LogP contribution is -2.02. The maximum atomic E-state index is 10.3. The molecule has 0 heterocycles. The lowest BCUT2D eigenvalue weighted by atomic mass is 10.1. The van der Waals surface area contributed by atoms with Crippen LogP contribution in [0.15, 0.2) is 0 Å². The molecule has 0 aromatic carbocycles. The monoisotopic (exact) mass is 121 g/mol. The maximum Gasteiger partial charge on any atom is 0.303 e. The van der Waals surface area contributed by atoms with Gasteiger partial charge < -0.3 is 5.11 Å². The fourth-order valence-corrected chi connectivity index (χ4v) is 0.270. The molecular formula is C6H12O2. The molecule has 0 saturated carbocycles. The number of rotatable bonds is 3. The van der Waals surface area contributed by atoms with E-state index in [2.05, 4.69) is 0 Å². The van der Waals surface area contributed by atoms with Crippen molar-refractivity contribution in [2.75, 3.05) is 0 Å². The van der Waals surface area contributed by atoms with Crippen molar-refractivity contribution in [3.8, 4) is 0 Å². The van der Waals surface area contributed by atoms with E-state index in [4.69, 9.17) is 12.0 Å². The van der Waals surface area contributed by atoms with E-state index in [1.54, 1.807) is 0 Å². The van der Waals surface area contributed by atoms with Crippen molar-refractivity contribution >= 4 is 5.97 Å². The fourth-order valence-electron chi connectivity index (χ4n) is 0.270. The van der Waals surface area contributed by atoms with Crippen LogP contribution in [0.3, 0.4) is 0 Å². The van der Waals surface area contributed by atoms with Gasteiger partial charge in [0.2, 0.25) is 0 Å². The van der Waals surface area contributed by atoms with Crippen LogP contribution in [-0.4, -0.2) is 11.1 Å². The van der Waals surface area contributed by atoms with Gasteiger partial charge in [-0.3, -0.25) is 4.79 Å². The Morgan fingerprint density at radius 2 is 2.88 bits per heavy atom. The molecule has 8 heavy (non-hydrogen) atoms. The Balaban J connectivity index is 4.32. The quantitative estimate of drug-likeness (QED) is 0.614. The first-order valence-electron chi connectivity index (χ1n) is 5.08. The van der Waals surface area contributed by atoms with Crippen LogP contribution in [0.5, 0.6) is 0 Å². The molecular weight excluding hydrogens is 104 g/mol. The number of hydrogen-bond acceptors (Lipinski definition) is 1. The summed E-state index contributed by atoms with van der Waals surface area (Å²) in [6.07, 6.45) is -1.81. The predicted molar refractivity (Wildman–Crippen MR) is 31.7 cm³/mol. The van der Waals surface area contributed by atoms with Crippen molar-refractivity contribution in [3.63, 3.8) is 0 Å². The summed E-state index contributed by atoms with van der Waals surface area (Å²) >= 11 is 0. The van der Waals surface area contributed by atoms with Crippen molar-refractivity contribution in [1.82, 2.24) is 0 Å². The molecule has 1 N–H and O–H groups in total. The highest BCUT2D eigenvalue weighted by Gasteiger charge is 2.02. The molecule has 0 aromatic heterocycles. The number of aliphatic carboxylic acids is 1. The van der Waals surface area contributed by atoms with Crippen LogP contribution in [0.2, 0.25) is 0 Å². The van der Waals surface area contributed by atoms with E-state index < -0.39 is 38.5 Å². The first-order chi connectivity index (χ1) is 5.86. The zero-order valence-electron chi connectivity index (χ0n) is 9.37. The molecule has 2 atom stereocenters. The van der Waals surface area contributed by atoms with Crippen molar-refractivity contribution in [2.45, 2.75) is 26.6 Å². The first-order valence-corrected chi connectivity index (χ1v) is 2.19. The second kappa shape index (κ2) is 3.47. The molecule has 0 aromatic rings. The number of carbonyl (C=O) groups is 1. The minimum atomic E-state index is -1.51. The van der Waals surface area contributed by atoms with E-state index in [0.29, 0.717) is 0 Å². The fraction of sp³-hybridized carbons (Fsp3) is 0.833. The molecule has 0 amide bonds. The normalized spacial score (nSPS) is 27.0. The molecule has 0 saturated heterocycles. The molecule has 48 valence electrons. The minimum absolute atomic E-state index is 0.500. The van der Waals surface area contributed by atoms with Gasteiger partial charge in [0.05, 0.1) is 0 Å². The summed E-state index contributed by atoms with van der Waals surface area (Å²) in [7, 11) is 0. The van der Waals surface area contributed by atoms with Gasteiger partial charge in [-0.2, -0.15) is 0 Å². The van der Waals surface area contributed by atoms with Crippen LogP contribution >= 0.6 is 0 Å². The summed E-state index contributed by atoms with van der Waals surface area (Å²) in [6.45, 7) is -2.99. The van der Waals surface area contributed by atoms with E-state index in [1.807, 2.05) is 0 Å². The highest BCUT2D eigenvalue weighted by Crippen LogP contribution is 2.04. The average Bonchev–Trinajstić information content (AvgIpc) is 1.97. The first kappa shape index (κ1) is 2.38. The van der Waals surface area contributed by atoms with Crippen LogP contribution in [0.4, 0.5) is 0 Å². The lowest BCUT2D eigenvalue weighted by molar-refractivity contribution is -0.137. The Morgan fingerprint density at radius 1 is 2.12 bits per heavy atom. The topological polar surface area (TPSA) is 37.3 Å². The van der Waals surface area contributed by atoms with Crippen molar-refractivity contribution in [1.29, 1.82) is 0 Å². The third kappa shape index (κ3) is 3.65. The molecule has 2 heteroatoms. The zero-order chi connectivity index (χ0) is 10.6. The van der Waals surface area contributed by atoms with Gasteiger partial charge in [-0.1, -0.05) is 20.1 Å². The molecule has 0 aliphatic carbocycles. The van der Waals surface area contributed by atoms with Gasteiger partial charge in [0.15, 0.2) is 0 Å². The van der Waals surface area contributed by atoms with Gasteiger partial charge in [0.25, 0.3) is 0 Å². The number of carboxylic acids is 1. The third-order valence-electron chi connectivity index (χ3n) is 0.658. The molecule has 0 fully saturated rings. The highest BCUT2D eigenvalue weighted by molar-refractivity contribution is 5.66. The minimum Gasteiger partial charge on any atom is -0.481 e. The maximum absolute atomic E-state index is 10.3. The Bertz CT molecular complexity index is 172. The van der Waals surface area contributed by atoms with Gasteiger partial charge in [0, 0.05) is 13.3 Å². The second-order valence-corrected chi connectivity index (χ2v) is 1.45. The number of carboxylic acid groups (broad SMARTS) is 1. The molecule has 0 aliphatic rings. The molecule has 0 bridgehead atoms. The van der Waals surface area contributed by atoms with E-state index >= 15 is 0 Å². The van der Waals surface area contributed by atoms with Gasteiger partial charge in [-0.25, -0.2) is 0 Å². The molecule has 0 spiro atoms. The SMILES string of the molecule is [2H]C([2H])C([2H])[C@@H](CC(=O)O)C([2H])[2H]. The van der Waals surface area contributed by atoms with Crippen LogP contribution in [0.1, 0.15) is 33.4 Å². The van der Waals surface area contributed by atoms with Crippen LogP contribution in [0.25, 0.3) is 0 Å². The summed E-state index contributed by atoms with van der Waals surface area (Å²) in [5, 5.41) is 8.39. The van der Waals surface area contributed by atoms with Crippen LogP contribution < -0.4 is 0 Å². The largest absolute Gasteiger partial charge is 0.481 e. The summed E-state index contributed by atoms with van der Waals surface area (Å²) in [4.78, 5) is 10.3. The Labute approximate surface area is 56.5 Å². The van der Waals surface area contributed by atoms with Gasteiger partial charge in [-0.15, -0.1) is 0 Å². The summed E-state index contributed by atoms with van der Waals surface area (Å²) in [5.74, 6) is -2.27. The number of hydrogen-bond donors (Lipinski definition) is 1. The van der Waals surface area contributed by atoms with Gasteiger partial charge in [-0.05, 0) is 5.92 Å². The Hall–Kier alpha value is -0.530. The van der Waals surface area contributed by atoms with E-state index in [0.717, 1.165) is 0 Å². The van der Waals surface area contributed by atoms with Crippen molar-refractivity contribution in [3.05, 3.63) is 0 Å². The van der Waals surface area contributed by atoms with Gasteiger partial charge >= 0.3 is 5.97 Å². The molecule has 2 nitrogen and oxygen atoms in total. The average molecular weight is 121 g/mol. The van der Waals surface area contributed by atoms with Crippen LogP contribution in [-0.2, 0) is 4.79 Å². The second-order valence-electron chi connectivity index (χ2n) is 1.45. The van der Waals surface area contributed by atoms with E-state index in [9.17, 15) is 4.79 Å². The Morgan fingerprint density at radius 3 is 3.25 bits per heavy atom. The lowest BCUT2D eigenvalue weighted by Gasteiger charge is -2.00. The Kier molecular flexibility index (Phi) is 1.03. The van der Waals surface area contributed by atoms with Crippen molar-refractivity contribution in [2.24, 2.45) is 5.92 Å². The third-order valence-corrected chi connectivity index (χ3v) is 0.658. The zero-order valence-corrected chi connectivity index (χ0v) is 4.37. The van der Waals surface area contributed by atoms with E-state index in [1.165, 1.54) is 0 Å². The van der Waals surface area contributed by atoms with Crippen LogP contribution in [0, 0.1) is 5.92 Å². The molecule has 0 rings (SSSR count). The summed E-state index contributed by atoms with van der Waals surface area (Å²) in [5.41, 5.74) is 0. The predicted octanol–water partition coefficient (Wildman–Crippen LogP) is 1.51. The summed E-state index contributed by atoms with van der Waals surface area (Å²) < 4.78 is 34.9. The molecule has 1 unspecified atom stereocenters. The molecule has 0 radical (unpaired) electrons. The molecule has 0 aliphatic heterocycles. The standard InChI is InChI=1S/C6H12O2/c1-3-5(2)4-6(7)8/h5H,3-4H2,1-2H3,(H,7,8)/t5-/m0/s1/i1D2,2D2,3D/t3?,5-. The van der Waals surface area contributed by atoms with Crippen molar-refractivity contribution < 1.29 is 16.8 Å².